The molecule has 0 fully saturated rings. The van der Waals surface area contributed by atoms with Crippen LogP contribution in [0.2, 0.25) is 0 Å². The number of benzene rings is 3. The molecule has 202 valence electrons. The number of hydrogen-bond donors (Lipinski definition) is 0. The summed E-state index contributed by atoms with van der Waals surface area (Å²) in [5.41, 5.74) is 6.41. The molecule has 3 aromatic carbocycles. The van der Waals surface area contributed by atoms with E-state index in [9.17, 15) is 0 Å². The van der Waals surface area contributed by atoms with E-state index in [1.165, 1.54) is 4.70 Å². The Kier molecular flexibility index (Phi) is 6.16. The maximum atomic E-state index is 5.00. The van der Waals surface area contributed by atoms with Crippen molar-refractivity contribution in [3.05, 3.63) is 128 Å². The van der Waals surface area contributed by atoms with Gasteiger partial charge in [-0.1, -0.05) is 91.0 Å². The second-order valence-electron chi connectivity index (χ2n) is 9.85. The number of pyridine rings is 2. The molecule has 8 aromatic rings. The number of nitrogens with zero attached hydrogens (tertiary/aromatic N) is 7. The molecule has 7 nitrogen and oxygen atoms in total. The highest BCUT2D eigenvalue weighted by atomic mass is 32.1. The molecule has 0 unspecified atom stereocenters. The molecule has 0 amide bonds. The van der Waals surface area contributed by atoms with Crippen LogP contribution in [0, 0.1) is 0 Å². The molecule has 0 aliphatic carbocycles. The zero-order chi connectivity index (χ0) is 28.6. The Morgan fingerprint density at radius 3 is 1.67 bits per heavy atom. The van der Waals surface area contributed by atoms with Gasteiger partial charge in [0.2, 0.25) is 0 Å². The first kappa shape index (κ1) is 25.0. The molecule has 8 heteroatoms. The van der Waals surface area contributed by atoms with E-state index < -0.39 is 0 Å². The van der Waals surface area contributed by atoms with Crippen LogP contribution in [0.4, 0.5) is 0 Å². The van der Waals surface area contributed by atoms with Gasteiger partial charge in [-0.3, -0.25) is 0 Å². The normalized spacial score (nSPS) is 11.3. The molecule has 0 aliphatic rings. The second kappa shape index (κ2) is 10.6. The van der Waals surface area contributed by atoms with Crippen LogP contribution in [-0.4, -0.2) is 34.9 Å². The first-order valence-corrected chi connectivity index (χ1v) is 14.6. The molecule has 0 spiro atoms. The minimum Gasteiger partial charge on any atom is -0.244 e. The molecule has 5 aromatic heterocycles. The first-order chi connectivity index (χ1) is 21.3. The number of thiophene rings is 1. The standard InChI is InChI=1S/C35H21N7S/c1-3-11-22(12-4-1)33-40-34(23-13-5-2-6-14-23)42-35(41-33)28-19-10-17-26(39-28)25-16-9-18-27(38-25)31-32-30(36-21-37-31)24-15-7-8-20-29(24)43-32/h1-21H. The van der Waals surface area contributed by atoms with Gasteiger partial charge in [0.05, 0.1) is 27.3 Å². The number of aromatic nitrogens is 7. The van der Waals surface area contributed by atoms with Crippen LogP contribution in [0.1, 0.15) is 0 Å². The minimum absolute atomic E-state index is 0.494. The van der Waals surface area contributed by atoms with Gasteiger partial charge in [-0.15, -0.1) is 11.3 Å². The summed E-state index contributed by atoms with van der Waals surface area (Å²) in [6.45, 7) is 0. The van der Waals surface area contributed by atoms with Gasteiger partial charge in [-0.2, -0.15) is 0 Å². The lowest BCUT2D eigenvalue weighted by atomic mass is 10.1. The van der Waals surface area contributed by atoms with Gasteiger partial charge < -0.3 is 0 Å². The maximum Gasteiger partial charge on any atom is 0.182 e. The predicted octanol–water partition coefficient (Wildman–Crippen LogP) is 8.15. The van der Waals surface area contributed by atoms with E-state index in [1.807, 2.05) is 109 Å². The number of hydrogen-bond acceptors (Lipinski definition) is 8. The average Bonchev–Trinajstić information content (AvgIpc) is 3.48. The summed E-state index contributed by atoms with van der Waals surface area (Å²) in [5.74, 6) is 1.68. The van der Waals surface area contributed by atoms with E-state index in [0.717, 1.165) is 43.8 Å². The predicted molar refractivity (Wildman–Crippen MR) is 171 cm³/mol. The fraction of sp³-hybridized carbons (Fsp3) is 0. The smallest absolute Gasteiger partial charge is 0.182 e. The van der Waals surface area contributed by atoms with Gasteiger partial charge in [-0.05, 0) is 30.3 Å². The van der Waals surface area contributed by atoms with Crippen LogP contribution in [0.5, 0.6) is 0 Å². The fourth-order valence-corrected chi connectivity index (χ4v) is 6.19. The Morgan fingerprint density at radius 1 is 0.419 bits per heavy atom. The summed E-state index contributed by atoms with van der Waals surface area (Å²) in [5, 5.41) is 1.12. The molecule has 0 atom stereocenters. The molecule has 0 aliphatic heterocycles. The van der Waals surface area contributed by atoms with Crippen molar-refractivity contribution in [1.29, 1.82) is 0 Å². The van der Waals surface area contributed by atoms with Crippen molar-refractivity contribution < 1.29 is 0 Å². The van der Waals surface area contributed by atoms with Crippen LogP contribution < -0.4 is 0 Å². The highest BCUT2D eigenvalue weighted by molar-refractivity contribution is 7.26. The van der Waals surface area contributed by atoms with Crippen molar-refractivity contribution >= 4 is 31.6 Å². The summed E-state index contributed by atoms with van der Waals surface area (Å²) in [4.78, 5) is 33.6. The lowest BCUT2D eigenvalue weighted by Crippen LogP contribution is -2.01. The van der Waals surface area contributed by atoms with Crippen LogP contribution in [0.15, 0.2) is 128 Å². The van der Waals surface area contributed by atoms with E-state index >= 15 is 0 Å². The number of rotatable bonds is 5. The topological polar surface area (TPSA) is 90.2 Å². The summed E-state index contributed by atoms with van der Waals surface area (Å²) in [6, 6.07) is 39.8. The zero-order valence-corrected chi connectivity index (χ0v) is 23.5. The highest BCUT2D eigenvalue weighted by Gasteiger charge is 2.16. The molecule has 43 heavy (non-hydrogen) atoms. The van der Waals surface area contributed by atoms with E-state index in [2.05, 4.69) is 22.1 Å². The molecule has 0 saturated carbocycles. The van der Waals surface area contributed by atoms with Gasteiger partial charge in [0.1, 0.15) is 17.7 Å². The Hall–Kier alpha value is -5.73. The molecule has 0 bridgehead atoms. The monoisotopic (exact) mass is 571 g/mol. The first-order valence-electron chi connectivity index (χ1n) is 13.7. The van der Waals surface area contributed by atoms with Crippen molar-refractivity contribution in [1.82, 2.24) is 34.9 Å². The Morgan fingerprint density at radius 2 is 0.977 bits per heavy atom. The van der Waals surface area contributed by atoms with Crippen molar-refractivity contribution in [3.8, 4) is 57.1 Å². The van der Waals surface area contributed by atoms with Crippen molar-refractivity contribution in [2.75, 3.05) is 0 Å². The maximum absolute atomic E-state index is 5.00. The Balaban J connectivity index is 1.22. The molecular formula is C35H21N7S. The molecular weight excluding hydrogens is 551 g/mol. The van der Waals surface area contributed by atoms with E-state index in [1.54, 1.807) is 17.7 Å². The minimum atomic E-state index is 0.494. The zero-order valence-electron chi connectivity index (χ0n) is 22.7. The lowest BCUT2D eigenvalue weighted by Gasteiger charge is -2.09. The third-order valence-corrected chi connectivity index (χ3v) is 8.26. The van der Waals surface area contributed by atoms with Gasteiger partial charge >= 0.3 is 0 Å². The quantitative estimate of drug-likeness (QED) is 0.206. The molecule has 0 N–H and O–H groups in total. The van der Waals surface area contributed by atoms with E-state index in [4.69, 9.17) is 24.9 Å². The lowest BCUT2D eigenvalue weighted by molar-refractivity contribution is 1.06. The third-order valence-electron chi connectivity index (χ3n) is 7.09. The van der Waals surface area contributed by atoms with Crippen LogP contribution in [-0.2, 0) is 0 Å². The van der Waals surface area contributed by atoms with Gasteiger partial charge in [0.25, 0.3) is 0 Å². The van der Waals surface area contributed by atoms with Crippen LogP contribution in [0.3, 0.4) is 0 Å². The molecule has 0 radical (unpaired) electrons. The molecule has 0 saturated heterocycles. The summed E-state index contributed by atoms with van der Waals surface area (Å²) in [7, 11) is 0. The summed E-state index contributed by atoms with van der Waals surface area (Å²) >= 11 is 1.68. The van der Waals surface area contributed by atoms with Crippen LogP contribution in [0.25, 0.3) is 77.4 Å². The molecule has 5 heterocycles. The summed E-state index contributed by atoms with van der Waals surface area (Å²) in [6.07, 6.45) is 1.61. The van der Waals surface area contributed by atoms with Gasteiger partial charge in [-0.25, -0.2) is 34.9 Å². The average molecular weight is 572 g/mol. The van der Waals surface area contributed by atoms with Crippen molar-refractivity contribution in [2.45, 2.75) is 0 Å². The SMILES string of the molecule is c1ccc(-c2nc(-c3ccccc3)nc(-c3cccc(-c4cccc(-c5ncnc6c5sc5ccccc56)n4)n3)n2)cc1. The van der Waals surface area contributed by atoms with Gasteiger partial charge in [0, 0.05) is 21.2 Å². The Labute approximate surface area is 250 Å². The largest absolute Gasteiger partial charge is 0.244 e. The van der Waals surface area contributed by atoms with Crippen molar-refractivity contribution in [2.24, 2.45) is 0 Å². The summed E-state index contributed by atoms with van der Waals surface area (Å²) < 4.78 is 2.19. The second-order valence-corrected chi connectivity index (χ2v) is 10.9. The van der Waals surface area contributed by atoms with Crippen LogP contribution >= 0.6 is 11.3 Å². The third kappa shape index (κ3) is 4.69. The number of fused-ring (bicyclic) bond motifs is 3. The van der Waals surface area contributed by atoms with E-state index in [-0.39, 0.29) is 0 Å². The van der Waals surface area contributed by atoms with E-state index in [0.29, 0.717) is 28.9 Å². The highest BCUT2D eigenvalue weighted by Crippen LogP contribution is 2.37. The van der Waals surface area contributed by atoms with Gasteiger partial charge in [0.15, 0.2) is 17.5 Å². The molecule has 8 rings (SSSR count). The van der Waals surface area contributed by atoms with Crippen molar-refractivity contribution in [3.63, 3.8) is 0 Å². The fourth-order valence-electron chi connectivity index (χ4n) is 5.04. The Bertz CT molecular complexity index is 2190.